The zero-order valence-corrected chi connectivity index (χ0v) is 18.4. The van der Waals surface area contributed by atoms with E-state index in [1.54, 1.807) is 42.5 Å². The molecule has 4 rings (SSSR count). The van der Waals surface area contributed by atoms with E-state index in [0.717, 1.165) is 5.56 Å². The van der Waals surface area contributed by atoms with Crippen LogP contribution < -0.4 is 5.32 Å². The van der Waals surface area contributed by atoms with Gasteiger partial charge in [-0.3, -0.25) is 9.36 Å². The number of carbonyl (C=O) groups excluding carboxylic acids is 1. The minimum Gasteiger partial charge on any atom is -0.325 e. The van der Waals surface area contributed by atoms with Crippen molar-refractivity contribution in [2.75, 3.05) is 11.1 Å². The summed E-state index contributed by atoms with van der Waals surface area (Å²) in [4.78, 5) is 12.4. The second-order valence-electron chi connectivity index (χ2n) is 7.16. The van der Waals surface area contributed by atoms with Gasteiger partial charge >= 0.3 is 0 Å². The predicted octanol–water partition coefficient (Wildman–Crippen LogP) is 5.13. The Morgan fingerprint density at radius 2 is 1.73 bits per heavy atom. The average molecular weight is 458 g/mol. The number of halogens is 1. The van der Waals surface area contributed by atoms with E-state index >= 15 is 0 Å². The van der Waals surface area contributed by atoms with Crippen molar-refractivity contribution in [2.45, 2.75) is 18.1 Å². The Kier molecular flexibility index (Phi) is 7.12. The van der Waals surface area contributed by atoms with E-state index in [-0.39, 0.29) is 18.1 Å². The van der Waals surface area contributed by atoms with Crippen molar-refractivity contribution >= 4 is 23.4 Å². The zero-order valence-electron chi connectivity index (χ0n) is 17.6. The molecule has 0 atom stereocenters. The van der Waals surface area contributed by atoms with Crippen molar-refractivity contribution in [1.82, 2.24) is 14.8 Å². The quantitative estimate of drug-likeness (QED) is 0.371. The Hall–Kier alpha value is -3.96. The fraction of sp³-hybridized carbons (Fsp3) is 0.120. The van der Waals surface area contributed by atoms with E-state index in [2.05, 4.69) is 21.6 Å². The monoisotopic (exact) mass is 457 g/mol. The van der Waals surface area contributed by atoms with Crippen molar-refractivity contribution in [3.8, 4) is 17.5 Å². The summed E-state index contributed by atoms with van der Waals surface area (Å²) in [5.41, 5.74) is 2.31. The maximum atomic E-state index is 14.5. The average Bonchev–Trinajstić information content (AvgIpc) is 3.22. The Balaban J connectivity index is 1.50. The number of hydrogen-bond acceptors (Lipinski definition) is 5. The molecule has 164 valence electrons. The number of nitriles is 1. The first kappa shape index (κ1) is 22.2. The minimum absolute atomic E-state index is 0.200. The highest BCUT2D eigenvalue weighted by molar-refractivity contribution is 7.99. The van der Waals surface area contributed by atoms with Crippen LogP contribution in [0, 0.1) is 17.1 Å². The third-order valence-corrected chi connectivity index (χ3v) is 5.87. The fourth-order valence-electron chi connectivity index (χ4n) is 3.28. The van der Waals surface area contributed by atoms with E-state index in [9.17, 15) is 14.4 Å². The predicted molar refractivity (Wildman–Crippen MR) is 126 cm³/mol. The number of aromatic nitrogens is 3. The maximum absolute atomic E-state index is 14.5. The van der Waals surface area contributed by atoms with Gasteiger partial charge < -0.3 is 5.32 Å². The molecule has 0 spiro atoms. The van der Waals surface area contributed by atoms with Crippen LogP contribution in [0.3, 0.4) is 0 Å². The summed E-state index contributed by atoms with van der Waals surface area (Å²) < 4.78 is 16.3. The highest BCUT2D eigenvalue weighted by Crippen LogP contribution is 2.27. The molecular formula is C25H20FN5OS. The highest BCUT2D eigenvalue weighted by Gasteiger charge is 2.18. The smallest absolute Gasteiger partial charge is 0.225 e. The van der Waals surface area contributed by atoms with Gasteiger partial charge in [0.1, 0.15) is 11.9 Å². The van der Waals surface area contributed by atoms with Crippen LogP contribution in [0.5, 0.6) is 0 Å². The molecule has 3 aromatic carbocycles. The number of nitrogens with zero attached hydrogens (tertiary/aromatic N) is 4. The van der Waals surface area contributed by atoms with Crippen molar-refractivity contribution < 1.29 is 9.18 Å². The Morgan fingerprint density at radius 1 is 1.00 bits per heavy atom. The molecule has 1 amide bonds. The molecule has 0 aliphatic carbocycles. The normalized spacial score (nSPS) is 10.5. The molecule has 0 saturated carbocycles. The van der Waals surface area contributed by atoms with Crippen LogP contribution in [0.4, 0.5) is 10.1 Å². The number of para-hydroxylation sites is 1. The lowest BCUT2D eigenvalue weighted by atomic mass is 10.2. The summed E-state index contributed by atoms with van der Waals surface area (Å²) in [5, 5.41) is 21.1. The van der Waals surface area contributed by atoms with E-state index in [1.165, 1.54) is 17.8 Å². The Morgan fingerprint density at radius 3 is 2.52 bits per heavy atom. The largest absolute Gasteiger partial charge is 0.325 e. The first-order valence-electron chi connectivity index (χ1n) is 10.3. The fourth-order valence-corrected chi connectivity index (χ4v) is 4.16. The molecule has 1 aromatic heterocycles. The molecule has 0 saturated heterocycles. The summed E-state index contributed by atoms with van der Waals surface area (Å²) in [6.07, 6.45) is 0.220. The number of carbonyl (C=O) groups is 1. The third kappa shape index (κ3) is 5.45. The van der Waals surface area contributed by atoms with Crippen LogP contribution in [0.25, 0.3) is 11.4 Å². The highest BCUT2D eigenvalue weighted by atomic mass is 32.2. The van der Waals surface area contributed by atoms with Gasteiger partial charge in [0.15, 0.2) is 11.0 Å². The Labute approximate surface area is 195 Å². The van der Waals surface area contributed by atoms with Gasteiger partial charge in [-0.2, -0.15) is 5.26 Å². The first-order valence-corrected chi connectivity index (χ1v) is 11.3. The van der Waals surface area contributed by atoms with E-state index in [4.69, 9.17) is 0 Å². The first-order chi connectivity index (χ1) is 16.2. The molecule has 0 aliphatic rings. The van der Waals surface area contributed by atoms with Gasteiger partial charge in [-0.25, -0.2) is 4.39 Å². The molecular weight excluding hydrogens is 437 g/mol. The van der Waals surface area contributed by atoms with Crippen molar-refractivity contribution in [3.05, 3.63) is 95.8 Å². The van der Waals surface area contributed by atoms with Gasteiger partial charge in [0.2, 0.25) is 5.91 Å². The number of benzene rings is 3. The molecule has 0 radical (unpaired) electrons. The van der Waals surface area contributed by atoms with Crippen molar-refractivity contribution in [2.24, 2.45) is 0 Å². The van der Waals surface area contributed by atoms with E-state index in [1.807, 2.05) is 34.9 Å². The maximum Gasteiger partial charge on any atom is 0.225 e. The SMILES string of the molecule is N#Cc1ccccc1NC(=O)CCSc1nnc(-c2ccccc2F)n1Cc1ccccc1. The molecule has 1 N–H and O–H groups in total. The molecule has 4 aromatic rings. The van der Waals surface area contributed by atoms with Crippen LogP contribution in [0.1, 0.15) is 17.5 Å². The topological polar surface area (TPSA) is 83.6 Å². The molecule has 6 nitrogen and oxygen atoms in total. The molecule has 0 fully saturated rings. The Bertz CT molecular complexity index is 1300. The molecule has 0 bridgehead atoms. The van der Waals surface area contributed by atoms with Crippen molar-refractivity contribution in [1.29, 1.82) is 5.26 Å². The van der Waals surface area contributed by atoms with Gasteiger partial charge in [-0.1, -0.05) is 66.4 Å². The summed E-state index contributed by atoms with van der Waals surface area (Å²) in [5.74, 6) is 0.317. The lowest BCUT2D eigenvalue weighted by Gasteiger charge is -2.11. The van der Waals surface area contributed by atoms with E-state index in [0.29, 0.717) is 40.1 Å². The van der Waals surface area contributed by atoms with Gasteiger partial charge in [0.05, 0.1) is 23.4 Å². The van der Waals surface area contributed by atoms with E-state index < -0.39 is 0 Å². The second-order valence-corrected chi connectivity index (χ2v) is 8.22. The molecule has 1 heterocycles. The number of nitrogens with one attached hydrogen (secondary N) is 1. The third-order valence-electron chi connectivity index (χ3n) is 4.90. The standard InChI is InChI=1S/C25H20FN5OS/c26-21-12-6-5-11-20(21)24-29-30-25(31(24)17-18-8-2-1-3-9-18)33-15-14-23(32)28-22-13-7-4-10-19(22)16-27/h1-13H,14-15,17H2,(H,28,32). The number of hydrogen-bond donors (Lipinski definition) is 1. The zero-order chi connectivity index (χ0) is 23.0. The van der Waals surface area contributed by atoms with Crippen LogP contribution in [-0.4, -0.2) is 26.4 Å². The number of amides is 1. The summed E-state index contributed by atoms with van der Waals surface area (Å²) in [7, 11) is 0. The summed E-state index contributed by atoms with van der Waals surface area (Å²) in [6.45, 7) is 0.474. The summed E-state index contributed by atoms with van der Waals surface area (Å²) >= 11 is 1.38. The number of rotatable bonds is 8. The number of thioether (sulfide) groups is 1. The van der Waals surface area contributed by atoms with Crippen LogP contribution in [-0.2, 0) is 11.3 Å². The molecule has 0 aliphatic heterocycles. The minimum atomic E-state index is -0.369. The lowest BCUT2D eigenvalue weighted by molar-refractivity contribution is -0.115. The summed E-state index contributed by atoms with van der Waals surface area (Å²) in [6, 6.07) is 25.2. The second kappa shape index (κ2) is 10.6. The van der Waals surface area contributed by atoms with Crippen LogP contribution in [0.2, 0.25) is 0 Å². The van der Waals surface area contributed by atoms with Crippen LogP contribution in [0.15, 0.2) is 84.0 Å². The van der Waals surface area contributed by atoms with Gasteiger partial charge in [0, 0.05) is 12.2 Å². The number of anilines is 1. The van der Waals surface area contributed by atoms with Crippen LogP contribution >= 0.6 is 11.8 Å². The molecule has 33 heavy (non-hydrogen) atoms. The van der Waals surface area contributed by atoms with Crippen molar-refractivity contribution in [3.63, 3.8) is 0 Å². The molecule has 8 heteroatoms. The van der Waals surface area contributed by atoms with Gasteiger partial charge in [0.25, 0.3) is 0 Å². The van der Waals surface area contributed by atoms with Gasteiger partial charge in [-0.05, 0) is 29.8 Å². The molecule has 0 unspecified atom stereocenters. The lowest BCUT2D eigenvalue weighted by Crippen LogP contribution is -2.13. The van der Waals surface area contributed by atoms with Gasteiger partial charge in [-0.15, -0.1) is 10.2 Å².